The Balaban J connectivity index is 1.27. The number of carbonyl (C=O) groups is 2. The molecule has 2 aromatic carbocycles. The first-order valence-corrected chi connectivity index (χ1v) is 17.1. The van der Waals surface area contributed by atoms with Gasteiger partial charge in [0.1, 0.15) is 5.75 Å². The molecule has 2 aliphatic carbocycles. The van der Waals surface area contributed by atoms with Crippen molar-refractivity contribution in [2.24, 2.45) is 11.3 Å². The standard InChI is InChI=1S/C32H38ClN3O5S/c33-24-3-5-26-23(16-24)2-1-10-32(26)20-36-19-22-9-15-35(18-22)30(38)8-12-31(13-14-31)11-7-29(37)34-42(39,40)25-4-6-28(41-21-32)27(36)17-25/h3-6,16-17,22H,1-2,7-15,18-21H2,(H,34,37). The summed E-state index contributed by atoms with van der Waals surface area (Å²) in [5.41, 5.74) is 2.90. The van der Waals surface area contributed by atoms with Crippen molar-refractivity contribution < 1.29 is 22.7 Å². The minimum atomic E-state index is -4.06. The molecule has 0 aromatic heterocycles. The zero-order valence-electron chi connectivity index (χ0n) is 23.9. The Morgan fingerprint density at radius 3 is 2.57 bits per heavy atom. The number of fused-ring (bicyclic) bond motifs is 5. The van der Waals surface area contributed by atoms with E-state index < -0.39 is 15.9 Å². The molecule has 42 heavy (non-hydrogen) atoms. The highest BCUT2D eigenvalue weighted by Gasteiger charge is 2.45. The van der Waals surface area contributed by atoms with E-state index in [-0.39, 0.29) is 34.0 Å². The second kappa shape index (κ2) is 10.4. The van der Waals surface area contributed by atoms with Crippen LogP contribution in [0.4, 0.5) is 5.69 Å². The fourth-order valence-corrected chi connectivity index (χ4v) is 8.98. The molecular weight excluding hydrogens is 574 g/mol. The SMILES string of the molecule is O=C1CCC2(CCC(=O)N3CCC(C3)CN3CC4(CCCc5cc(Cl)ccc54)COc4ccc(cc43)S(=O)(=O)N1)CC2. The molecule has 8 nitrogen and oxygen atoms in total. The second-order valence-electron chi connectivity index (χ2n) is 13.3. The second-order valence-corrected chi connectivity index (χ2v) is 15.4. The molecule has 1 saturated carbocycles. The number of halogens is 1. The van der Waals surface area contributed by atoms with Crippen LogP contribution in [0.15, 0.2) is 41.3 Å². The topological polar surface area (TPSA) is 96.0 Å². The molecule has 2 atom stereocenters. The van der Waals surface area contributed by atoms with Crippen molar-refractivity contribution in [3.63, 3.8) is 0 Å². The molecule has 3 aliphatic heterocycles. The Hall–Kier alpha value is -2.78. The van der Waals surface area contributed by atoms with Gasteiger partial charge in [0.05, 0.1) is 17.2 Å². The molecule has 1 saturated heterocycles. The quantitative estimate of drug-likeness (QED) is 0.459. The lowest BCUT2D eigenvalue weighted by molar-refractivity contribution is -0.130. The molecule has 2 spiro atoms. The van der Waals surface area contributed by atoms with Crippen molar-refractivity contribution in [2.75, 3.05) is 37.7 Å². The number of hydrogen-bond donors (Lipinski definition) is 1. The monoisotopic (exact) mass is 611 g/mol. The first-order chi connectivity index (χ1) is 20.1. The fourth-order valence-electron chi connectivity index (χ4n) is 7.75. The van der Waals surface area contributed by atoms with Gasteiger partial charge >= 0.3 is 0 Å². The van der Waals surface area contributed by atoms with Crippen LogP contribution in [0.5, 0.6) is 5.75 Å². The van der Waals surface area contributed by atoms with Crippen LogP contribution in [0.3, 0.4) is 0 Å². The lowest BCUT2D eigenvalue weighted by atomic mass is 9.70. The van der Waals surface area contributed by atoms with E-state index in [0.717, 1.165) is 56.5 Å². The van der Waals surface area contributed by atoms with Crippen molar-refractivity contribution in [1.82, 2.24) is 9.62 Å². The lowest BCUT2D eigenvalue weighted by Gasteiger charge is -2.41. The van der Waals surface area contributed by atoms with Crippen LogP contribution < -0.4 is 14.4 Å². The maximum Gasteiger partial charge on any atom is 0.264 e. The molecule has 0 radical (unpaired) electrons. The third-order valence-corrected chi connectivity index (χ3v) is 12.0. The average Bonchev–Trinajstić information content (AvgIpc) is 3.62. The van der Waals surface area contributed by atoms with Crippen LogP contribution >= 0.6 is 11.6 Å². The number of nitrogens with one attached hydrogen (secondary N) is 1. The molecule has 2 fully saturated rings. The summed E-state index contributed by atoms with van der Waals surface area (Å²) >= 11 is 6.38. The van der Waals surface area contributed by atoms with E-state index in [1.165, 1.54) is 17.2 Å². The molecular formula is C32H38ClN3O5S. The number of hydrogen-bond acceptors (Lipinski definition) is 6. The van der Waals surface area contributed by atoms with Crippen LogP contribution in [-0.2, 0) is 31.4 Å². The van der Waals surface area contributed by atoms with E-state index >= 15 is 0 Å². The predicted molar refractivity (Wildman–Crippen MR) is 160 cm³/mol. The fraction of sp³-hybridized carbons (Fsp3) is 0.562. The summed E-state index contributed by atoms with van der Waals surface area (Å²) in [6.45, 7) is 3.28. The minimum Gasteiger partial charge on any atom is -0.490 e. The van der Waals surface area contributed by atoms with Gasteiger partial charge < -0.3 is 14.5 Å². The van der Waals surface area contributed by atoms with Crippen molar-refractivity contribution >= 4 is 39.1 Å². The number of anilines is 1. The van der Waals surface area contributed by atoms with Crippen LogP contribution in [0.25, 0.3) is 0 Å². The summed E-state index contributed by atoms with van der Waals surface area (Å²) in [6.07, 6.45) is 7.79. The van der Waals surface area contributed by atoms with E-state index in [9.17, 15) is 18.0 Å². The third-order valence-electron chi connectivity index (χ3n) is 10.4. The molecule has 1 N–H and O–H groups in total. The molecule has 3 heterocycles. The van der Waals surface area contributed by atoms with Gasteiger partial charge in [0.25, 0.3) is 10.0 Å². The van der Waals surface area contributed by atoms with Gasteiger partial charge in [-0.2, -0.15) is 0 Å². The summed E-state index contributed by atoms with van der Waals surface area (Å²) in [6, 6.07) is 11.1. The molecule has 4 bridgehead atoms. The van der Waals surface area contributed by atoms with Crippen molar-refractivity contribution in [2.45, 2.75) is 74.5 Å². The van der Waals surface area contributed by atoms with Crippen LogP contribution in [0.1, 0.15) is 68.9 Å². The first-order valence-electron chi connectivity index (χ1n) is 15.3. The predicted octanol–water partition coefficient (Wildman–Crippen LogP) is 4.82. The normalized spacial score (nSPS) is 28.5. The molecule has 10 heteroatoms. The van der Waals surface area contributed by atoms with Crippen molar-refractivity contribution in [3.05, 3.63) is 52.5 Å². The number of amides is 2. The molecule has 2 aromatic rings. The molecule has 5 aliphatic rings. The Bertz CT molecular complexity index is 1540. The van der Waals surface area contributed by atoms with Crippen LogP contribution in [-0.4, -0.2) is 57.9 Å². The van der Waals surface area contributed by atoms with Crippen molar-refractivity contribution in [3.8, 4) is 5.75 Å². The number of nitrogens with zero attached hydrogens (tertiary/aromatic N) is 2. The van der Waals surface area contributed by atoms with Crippen LogP contribution in [0, 0.1) is 11.3 Å². The molecule has 7 rings (SSSR count). The van der Waals surface area contributed by atoms with Gasteiger partial charge in [0, 0.05) is 49.5 Å². The zero-order chi connectivity index (χ0) is 29.1. The summed E-state index contributed by atoms with van der Waals surface area (Å²) in [5, 5.41) is 0.727. The zero-order valence-corrected chi connectivity index (χ0v) is 25.4. The molecule has 2 amide bonds. The highest BCUT2D eigenvalue weighted by Crippen LogP contribution is 2.53. The summed E-state index contributed by atoms with van der Waals surface area (Å²) < 4.78 is 35.6. The van der Waals surface area contributed by atoms with Crippen LogP contribution in [0.2, 0.25) is 5.02 Å². The van der Waals surface area contributed by atoms with E-state index in [1.807, 2.05) is 11.0 Å². The van der Waals surface area contributed by atoms with Gasteiger partial charge in [0.15, 0.2) is 0 Å². The van der Waals surface area contributed by atoms with E-state index in [0.29, 0.717) is 50.5 Å². The van der Waals surface area contributed by atoms with Gasteiger partial charge in [-0.25, -0.2) is 13.1 Å². The van der Waals surface area contributed by atoms with E-state index in [4.69, 9.17) is 16.3 Å². The minimum absolute atomic E-state index is 0.0152. The average molecular weight is 612 g/mol. The summed E-state index contributed by atoms with van der Waals surface area (Å²) in [4.78, 5) is 30.4. The maximum absolute atomic E-state index is 13.4. The smallest absolute Gasteiger partial charge is 0.264 e. The maximum atomic E-state index is 13.4. The highest BCUT2D eigenvalue weighted by atomic mass is 35.5. The van der Waals surface area contributed by atoms with E-state index in [1.54, 1.807) is 12.1 Å². The number of ether oxygens (including phenoxy) is 1. The third kappa shape index (κ3) is 5.27. The van der Waals surface area contributed by atoms with Gasteiger partial charge in [-0.15, -0.1) is 0 Å². The number of rotatable bonds is 0. The van der Waals surface area contributed by atoms with Gasteiger partial charge in [-0.05, 0) is 104 Å². The van der Waals surface area contributed by atoms with E-state index in [2.05, 4.69) is 21.8 Å². The Kier molecular flexibility index (Phi) is 6.96. The van der Waals surface area contributed by atoms with Gasteiger partial charge in [-0.3, -0.25) is 9.59 Å². The number of benzene rings is 2. The molecule has 2 unspecified atom stereocenters. The van der Waals surface area contributed by atoms with Gasteiger partial charge in [0.2, 0.25) is 11.8 Å². The number of sulfonamides is 1. The first kappa shape index (κ1) is 28.0. The molecule has 224 valence electrons. The summed E-state index contributed by atoms with van der Waals surface area (Å²) in [7, 11) is -4.06. The highest BCUT2D eigenvalue weighted by molar-refractivity contribution is 7.90. The Morgan fingerprint density at radius 1 is 0.929 bits per heavy atom. The summed E-state index contributed by atoms with van der Waals surface area (Å²) in [5.74, 6) is 0.587. The number of carbonyl (C=O) groups excluding carboxylic acids is 2. The lowest BCUT2D eigenvalue weighted by Crippen LogP contribution is -2.47. The Morgan fingerprint density at radius 2 is 1.74 bits per heavy atom. The number of aryl methyl sites for hydroxylation is 1. The Labute approximate surface area is 252 Å². The van der Waals surface area contributed by atoms with Gasteiger partial charge in [-0.1, -0.05) is 17.7 Å². The van der Waals surface area contributed by atoms with Crippen molar-refractivity contribution in [1.29, 1.82) is 0 Å². The largest absolute Gasteiger partial charge is 0.490 e.